The van der Waals surface area contributed by atoms with Gasteiger partial charge in [0.05, 0.1) is 23.6 Å². The first-order valence-corrected chi connectivity index (χ1v) is 7.77. The van der Waals surface area contributed by atoms with Crippen molar-refractivity contribution >= 4 is 11.7 Å². The highest BCUT2D eigenvalue weighted by Gasteiger charge is 2.15. The smallest absolute Gasteiger partial charge is 0.319 e. The van der Waals surface area contributed by atoms with Crippen LogP contribution in [0.4, 0.5) is 10.5 Å². The van der Waals surface area contributed by atoms with Crippen LogP contribution in [0.15, 0.2) is 23.0 Å². The molecule has 0 spiro atoms. The van der Waals surface area contributed by atoms with E-state index in [-0.39, 0.29) is 24.3 Å². The van der Waals surface area contributed by atoms with Crippen LogP contribution in [0.5, 0.6) is 0 Å². The van der Waals surface area contributed by atoms with Gasteiger partial charge in [0.25, 0.3) is 0 Å². The van der Waals surface area contributed by atoms with Crippen LogP contribution >= 0.6 is 0 Å². The van der Waals surface area contributed by atoms with Crippen LogP contribution in [-0.4, -0.2) is 35.9 Å². The van der Waals surface area contributed by atoms with Crippen LogP contribution in [0.2, 0.25) is 0 Å². The standard InChI is InChI=1S/C15H18N8O2/c1-4-23-10(3)12(9(2)21-23)20-15(24)18-8-11-19-14(22-25-11)13-16-6-5-7-17-13/h5-7H,4,8H2,1-3H3,(H2,18,20,24). The minimum atomic E-state index is -0.377. The lowest BCUT2D eigenvalue weighted by Crippen LogP contribution is -2.28. The number of amides is 2. The lowest BCUT2D eigenvalue weighted by molar-refractivity contribution is 0.249. The van der Waals surface area contributed by atoms with Gasteiger partial charge in [0.1, 0.15) is 0 Å². The summed E-state index contributed by atoms with van der Waals surface area (Å²) in [6.45, 7) is 6.57. The number of aryl methyl sites for hydroxylation is 2. The number of nitrogens with zero attached hydrogens (tertiary/aromatic N) is 6. The fourth-order valence-electron chi connectivity index (χ4n) is 2.33. The quantitative estimate of drug-likeness (QED) is 0.723. The zero-order valence-corrected chi connectivity index (χ0v) is 14.1. The topological polar surface area (TPSA) is 124 Å². The molecule has 25 heavy (non-hydrogen) atoms. The van der Waals surface area contributed by atoms with Gasteiger partial charge in [-0.1, -0.05) is 5.16 Å². The van der Waals surface area contributed by atoms with Gasteiger partial charge >= 0.3 is 6.03 Å². The first-order chi connectivity index (χ1) is 12.1. The maximum Gasteiger partial charge on any atom is 0.319 e. The number of aromatic nitrogens is 6. The summed E-state index contributed by atoms with van der Waals surface area (Å²) in [7, 11) is 0. The van der Waals surface area contributed by atoms with Crippen LogP contribution < -0.4 is 10.6 Å². The predicted molar refractivity (Wildman–Crippen MR) is 88.6 cm³/mol. The fraction of sp³-hybridized carbons (Fsp3) is 0.333. The van der Waals surface area contributed by atoms with Crippen LogP contribution in [0.1, 0.15) is 24.2 Å². The molecule has 0 aromatic carbocycles. The van der Waals surface area contributed by atoms with Crippen molar-refractivity contribution in [3.05, 3.63) is 35.7 Å². The van der Waals surface area contributed by atoms with Crippen LogP contribution in [0.3, 0.4) is 0 Å². The Balaban J connectivity index is 1.60. The second kappa shape index (κ2) is 7.07. The summed E-state index contributed by atoms with van der Waals surface area (Å²) in [5.41, 5.74) is 2.36. The van der Waals surface area contributed by atoms with E-state index < -0.39 is 0 Å². The van der Waals surface area contributed by atoms with Crippen LogP contribution in [0, 0.1) is 13.8 Å². The molecule has 3 rings (SSSR count). The Morgan fingerprint density at radius 3 is 2.68 bits per heavy atom. The molecule has 0 fully saturated rings. The maximum absolute atomic E-state index is 12.1. The summed E-state index contributed by atoms with van der Waals surface area (Å²) >= 11 is 0. The van der Waals surface area contributed by atoms with E-state index in [1.165, 1.54) is 0 Å². The predicted octanol–water partition coefficient (Wildman–Crippen LogP) is 1.68. The third-order valence-electron chi connectivity index (χ3n) is 3.55. The van der Waals surface area contributed by atoms with Crippen molar-refractivity contribution in [2.75, 3.05) is 5.32 Å². The van der Waals surface area contributed by atoms with Crippen molar-refractivity contribution in [3.8, 4) is 11.6 Å². The van der Waals surface area contributed by atoms with E-state index in [2.05, 4.69) is 35.8 Å². The van der Waals surface area contributed by atoms with Gasteiger partial charge in [-0.15, -0.1) is 0 Å². The van der Waals surface area contributed by atoms with Gasteiger partial charge in [0.2, 0.25) is 17.5 Å². The first kappa shape index (κ1) is 16.6. The van der Waals surface area contributed by atoms with E-state index in [0.29, 0.717) is 11.5 Å². The molecule has 0 aliphatic heterocycles. The molecule has 10 heteroatoms. The molecule has 10 nitrogen and oxygen atoms in total. The third kappa shape index (κ3) is 3.62. The van der Waals surface area contributed by atoms with Crippen molar-refractivity contribution in [1.82, 2.24) is 35.2 Å². The van der Waals surface area contributed by atoms with Crippen molar-refractivity contribution in [2.24, 2.45) is 0 Å². The molecule has 0 saturated heterocycles. The van der Waals surface area contributed by atoms with Gasteiger partial charge in [-0.2, -0.15) is 10.1 Å². The van der Waals surface area contributed by atoms with Gasteiger partial charge in [0.15, 0.2) is 0 Å². The Morgan fingerprint density at radius 1 is 1.24 bits per heavy atom. The molecule has 2 N–H and O–H groups in total. The maximum atomic E-state index is 12.1. The molecule has 3 heterocycles. The first-order valence-electron chi connectivity index (χ1n) is 7.77. The monoisotopic (exact) mass is 342 g/mol. The molecular formula is C15H18N8O2. The number of carbonyl (C=O) groups is 1. The zero-order chi connectivity index (χ0) is 17.8. The van der Waals surface area contributed by atoms with Gasteiger partial charge in [0, 0.05) is 18.9 Å². The minimum absolute atomic E-state index is 0.0890. The third-order valence-corrected chi connectivity index (χ3v) is 3.55. The highest BCUT2D eigenvalue weighted by atomic mass is 16.5. The van der Waals surface area contributed by atoms with Crippen LogP contribution in [0.25, 0.3) is 11.6 Å². The highest BCUT2D eigenvalue weighted by molar-refractivity contribution is 5.90. The Bertz CT molecular complexity index is 871. The van der Waals surface area contributed by atoms with E-state index in [1.807, 2.05) is 25.5 Å². The molecule has 0 atom stereocenters. The molecule has 0 aliphatic carbocycles. The van der Waals surface area contributed by atoms with E-state index in [4.69, 9.17) is 4.52 Å². The molecule has 0 aliphatic rings. The number of anilines is 1. The van der Waals surface area contributed by atoms with Crippen molar-refractivity contribution in [3.63, 3.8) is 0 Å². The highest BCUT2D eigenvalue weighted by Crippen LogP contribution is 2.19. The van der Waals surface area contributed by atoms with E-state index >= 15 is 0 Å². The number of urea groups is 1. The van der Waals surface area contributed by atoms with Gasteiger partial charge in [-0.25, -0.2) is 14.8 Å². The summed E-state index contributed by atoms with van der Waals surface area (Å²) in [6.07, 6.45) is 3.18. The second-order valence-electron chi connectivity index (χ2n) is 5.25. The molecular weight excluding hydrogens is 324 g/mol. The lowest BCUT2D eigenvalue weighted by Gasteiger charge is -2.06. The van der Waals surface area contributed by atoms with Gasteiger partial charge in [-0.05, 0) is 26.8 Å². The van der Waals surface area contributed by atoms with E-state index in [9.17, 15) is 4.79 Å². The molecule has 0 unspecified atom stereocenters. The Morgan fingerprint density at radius 2 is 2.00 bits per heavy atom. The Hall–Kier alpha value is -3.30. The normalized spacial score (nSPS) is 10.7. The Labute approximate surface area is 143 Å². The number of carbonyl (C=O) groups excluding carboxylic acids is 1. The average Bonchev–Trinajstić information content (AvgIpc) is 3.21. The lowest BCUT2D eigenvalue weighted by atomic mass is 10.3. The van der Waals surface area contributed by atoms with Gasteiger partial charge in [-0.3, -0.25) is 4.68 Å². The van der Waals surface area contributed by atoms with Gasteiger partial charge < -0.3 is 15.2 Å². The number of hydrogen-bond acceptors (Lipinski definition) is 7. The summed E-state index contributed by atoms with van der Waals surface area (Å²) in [5.74, 6) is 0.893. The van der Waals surface area contributed by atoms with E-state index in [1.54, 1.807) is 18.5 Å². The summed E-state index contributed by atoms with van der Waals surface area (Å²) in [5, 5.41) is 13.6. The summed E-state index contributed by atoms with van der Waals surface area (Å²) in [6, 6.07) is 1.32. The molecule has 0 bridgehead atoms. The molecule has 0 radical (unpaired) electrons. The number of rotatable bonds is 5. The zero-order valence-electron chi connectivity index (χ0n) is 14.1. The second-order valence-corrected chi connectivity index (χ2v) is 5.25. The molecule has 130 valence electrons. The minimum Gasteiger partial charge on any atom is -0.337 e. The van der Waals surface area contributed by atoms with Crippen molar-refractivity contribution < 1.29 is 9.32 Å². The largest absolute Gasteiger partial charge is 0.337 e. The fourth-order valence-corrected chi connectivity index (χ4v) is 2.33. The average molecular weight is 342 g/mol. The number of hydrogen-bond donors (Lipinski definition) is 2. The molecule has 0 saturated carbocycles. The SMILES string of the molecule is CCn1nc(C)c(NC(=O)NCc2nc(-c3ncccn3)no2)c1C. The molecule has 3 aromatic heterocycles. The van der Waals surface area contributed by atoms with Crippen LogP contribution in [-0.2, 0) is 13.1 Å². The van der Waals surface area contributed by atoms with Crippen molar-refractivity contribution in [2.45, 2.75) is 33.9 Å². The van der Waals surface area contributed by atoms with Crippen molar-refractivity contribution in [1.29, 1.82) is 0 Å². The molecule has 3 aromatic rings. The van der Waals surface area contributed by atoms with E-state index in [0.717, 1.165) is 17.9 Å². The summed E-state index contributed by atoms with van der Waals surface area (Å²) < 4.78 is 6.92. The number of nitrogens with one attached hydrogen (secondary N) is 2. The summed E-state index contributed by atoms with van der Waals surface area (Å²) in [4.78, 5) is 24.3. The molecule has 2 amide bonds. The Kier molecular flexibility index (Phi) is 4.68.